The maximum Gasteiger partial charge on any atom is 0.321 e. The third-order valence-electron chi connectivity index (χ3n) is 5.45. The Morgan fingerprint density at radius 2 is 1.79 bits per heavy atom. The zero-order chi connectivity index (χ0) is 23.5. The summed E-state index contributed by atoms with van der Waals surface area (Å²) in [4.78, 5) is 12.9. The number of fused-ring (bicyclic) bond motifs is 1. The summed E-state index contributed by atoms with van der Waals surface area (Å²) in [6, 6.07) is 16.5. The summed E-state index contributed by atoms with van der Waals surface area (Å²) in [5, 5.41) is 11.3. The Hall–Kier alpha value is -3.91. The summed E-state index contributed by atoms with van der Waals surface area (Å²) in [6.45, 7) is 5.59. The summed E-state index contributed by atoms with van der Waals surface area (Å²) in [7, 11) is 0. The van der Waals surface area contributed by atoms with E-state index < -0.39 is 0 Å². The molecular weight excluding hydrogens is 450 g/mol. The molecule has 0 aliphatic rings. The van der Waals surface area contributed by atoms with Crippen LogP contribution in [0.15, 0.2) is 60.9 Å². The van der Waals surface area contributed by atoms with Crippen molar-refractivity contribution in [3.8, 4) is 11.8 Å². The number of ether oxygens (including phenoxy) is 1. The first-order valence-electron chi connectivity index (χ1n) is 11.1. The van der Waals surface area contributed by atoms with Crippen molar-refractivity contribution in [3.05, 3.63) is 88.5 Å². The number of hydrogen-bond donors (Lipinski definition) is 2. The molecule has 0 radical (unpaired) electrons. The molecule has 2 aromatic carbocycles. The number of anilines is 1. The van der Waals surface area contributed by atoms with Crippen LogP contribution in [0.4, 0.5) is 5.95 Å². The first kappa shape index (κ1) is 21.9. The van der Waals surface area contributed by atoms with Crippen molar-refractivity contribution in [2.45, 2.75) is 33.4 Å². The second-order valence-corrected chi connectivity index (χ2v) is 8.44. The molecule has 3 heterocycles. The Kier molecular flexibility index (Phi) is 6.14. The lowest BCUT2D eigenvalue weighted by atomic mass is 10.1. The van der Waals surface area contributed by atoms with Crippen LogP contribution in [0.25, 0.3) is 11.0 Å². The highest BCUT2D eigenvalue weighted by atomic mass is 35.5. The smallest absolute Gasteiger partial charge is 0.321 e. The topological polar surface area (TPSA) is 93.5 Å². The van der Waals surface area contributed by atoms with Gasteiger partial charge in [0.2, 0.25) is 5.95 Å². The van der Waals surface area contributed by atoms with Crippen molar-refractivity contribution in [2.24, 2.45) is 0 Å². The molecule has 9 heteroatoms. The van der Waals surface area contributed by atoms with Crippen molar-refractivity contribution < 1.29 is 4.74 Å². The van der Waals surface area contributed by atoms with Gasteiger partial charge in [0.15, 0.2) is 0 Å². The number of halogens is 1. The summed E-state index contributed by atoms with van der Waals surface area (Å²) >= 11 is 5.81. The number of aromatic amines is 1. The summed E-state index contributed by atoms with van der Waals surface area (Å²) in [5.41, 5.74) is 6.50. The highest BCUT2D eigenvalue weighted by Crippen LogP contribution is 2.24. The van der Waals surface area contributed by atoms with Gasteiger partial charge in [-0.15, -0.1) is 0 Å². The van der Waals surface area contributed by atoms with Gasteiger partial charge in [-0.3, -0.25) is 5.10 Å². The number of benzene rings is 2. The average molecular weight is 474 g/mol. The zero-order valence-electron chi connectivity index (χ0n) is 18.9. The SMILES string of the molecule is CCn1c(NCc2ccc(Oc3ncc(Cl)cn3)cc2)nc2ccc(Cc3cc(C)[nH]n3)cc21. The molecule has 8 nitrogen and oxygen atoms in total. The molecule has 0 atom stereocenters. The molecule has 172 valence electrons. The van der Waals surface area contributed by atoms with E-state index in [1.165, 1.54) is 18.0 Å². The summed E-state index contributed by atoms with van der Waals surface area (Å²) < 4.78 is 7.86. The number of nitrogens with zero attached hydrogens (tertiary/aromatic N) is 5. The van der Waals surface area contributed by atoms with Gasteiger partial charge in [-0.05, 0) is 55.3 Å². The minimum absolute atomic E-state index is 0.258. The fraction of sp³-hybridized carbons (Fsp3) is 0.200. The lowest BCUT2D eigenvalue weighted by Crippen LogP contribution is -2.06. The van der Waals surface area contributed by atoms with Crippen LogP contribution in [0.1, 0.15) is 29.4 Å². The van der Waals surface area contributed by atoms with Crippen LogP contribution in [0.3, 0.4) is 0 Å². The Labute approximate surface area is 202 Å². The Morgan fingerprint density at radius 1 is 1.03 bits per heavy atom. The Balaban J connectivity index is 1.28. The second-order valence-electron chi connectivity index (χ2n) is 8.01. The van der Waals surface area contributed by atoms with E-state index in [0.29, 0.717) is 17.3 Å². The molecule has 2 N–H and O–H groups in total. The molecule has 0 aliphatic heterocycles. The molecule has 0 unspecified atom stereocenters. The molecule has 0 aliphatic carbocycles. The minimum Gasteiger partial charge on any atom is -0.424 e. The van der Waals surface area contributed by atoms with Crippen LogP contribution in [0, 0.1) is 6.92 Å². The number of nitrogens with one attached hydrogen (secondary N) is 2. The molecule has 0 saturated heterocycles. The van der Waals surface area contributed by atoms with E-state index in [1.807, 2.05) is 31.2 Å². The number of imidazole rings is 1. The van der Waals surface area contributed by atoms with Crippen molar-refractivity contribution in [1.29, 1.82) is 0 Å². The van der Waals surface area contributed by atoms with Gasteiger partial charge >= 0.3 is 6.01 Å². The maximum absolute atomic E-state index is 5.81. The molecule has 5 aromatic rings. The van der Waals surface area contributed by atoms with Gasteiger partial charge in [0.25, 0.3) is 0 Å². The monoisotopic (exact) mass is 473 g/mol. The lowest BCUT2D eigenvalue weighted by Gasteiger charge is -2.10. The first-order chi connectivity index (χ1) is 16.6. The molecule has 0 bridgehead atoms. The number of rotatable bonds is 8. The lowest BCUT2D eigenvalue weighted by molar-refractivity contribution is 0.441. The van der Waals surface area contributed by atoms with Crippen molar-refractivity contribution >= 4 is 28.6 Å². The second kappa shape index (κ2) is 9.52. The van der Waals surface area contributed by atoms with Gasteiger partial charge in [0.05, 0.1) is 34.1 Å². The van der Waals surface area contributed by atoms with E-state index in [0.717, 1.165) is 46.9 Å². The summed E-state index contributed by atoms with van der Waals surface area (Å²) in [5.74, 6) is 1.51. The zero-order valence-corrected chi connectivity index (χ0v) is 19.7. The Morgan fingerprint density at radius 3 is 2.50 bits per heavy atom. The highest BCUT2D eigenvalue weighted by molar-refractivity contribution is 6.30. The van der Waals surface area contributed by atoms with Crippen LogP contribution in [0.5, 0.6) is 11.8 Å². The van der Waals surface area contributed by atoms with Gasteiger partial charge in [-0.2, -0.15) is 5.10 Å². The quantitative estimate of drug-likeness (QED) is 0.308. The fourth-order valence-electron chi connectivity index (χ4n) is 3.82. The van der Waals surface area contributed by atoms with E-state index in [4.69, 9.17) is 21.3 Å². The van der Waals surface area contributed by atoms with Crippen molar-refractivity contribution in [1.82, 2.24) is 29.7 Å². The highest BCUT2D eigenvalue weighted by Gasteiger charge is 2.11. The number of aryl methyl sites for hydroxylation is 2. The predicted molar refractivity (Wildman–Crippen MR) is 132 cm³/mol. The van der Waals surface area contributed by atoms with Gasteiger partial charge in [0, 0.05) is 25.2 Å². The number of aromatic nitrogens is 6. The fourth-order valence-corrected chi connectivity index (χ4v) is 3.92. The van der Waals surface area contributed by atoms with Gasteiger partial charge in [-0.1, -0.05) is 29.8 Å². The molecule has 5 rings (SSSR count). The van der Waals surface area contributed by atoms with E-state index in [9.17, 15) is 0 Å². The first-order valence-corrected chi connectivity index (χ1v) is 11.4. The van der Waals surface area contributed by atoms with Crippen LogP contribution in [-0.2, 0) is 19.5 Å². The summed E-state index contributed by atoms with van der Waals surface area (Å²) in [6.07, 6.45) is 3.79. The molecular formula is C25H24ClN7O. The molecule has 0 fully saturated rings. The standard InChI is InChI=1S/C25H24ClN7O/c1-3-33-23-12-18(11-20-10-16(2)31-32-20)6-9-22(23)30-24(33)27-13-17-4-7-21(8-5-17)34-25-28-14-19(26)15-29-25/h4-10,12,14-15H,3,11,13H2,1-2H3,(H,27,30)(H,31,32). The maximum atomic E-state index is 5.81. The molecule has 0 amide bonds. The van der Waals surface area contributed by atoms with Gasteiger partial charge in [-0.25, -0.2) is 15.0 Å². The molecule has 3 aromatic heterocycles. The predicted octanol–water partition coefficient (Wildman–Crippen LogP) is 5.53. The van der Waals surface area contributed by atoms with E-state index in [1.54, 1.807) is 0 Å². The largest absolute Gasteiger partial charge is 0.424 e. The Bertz CT molecular complexity index is 1410. The van der Waals surface area contributed by atoms with Crippen LogP contribution < -0.4 is 10.1 Å². The molecule has 0 spiro atoms. The number of hydrogen-bond acceptors (Lipinski definition) is 6. The van der Waals surface area contributed by atoms with Gasteiger partial charge in [0.1, 0.15) is 5.75 Å². The van der Waals surface area contributed by atoms with Crippen LogP contribution >= 0.6 is 11.6 Å². The molecule has 0 saturated carbocycles. The third-order valence-corrected chi connectivity index (χ3v) is 5.65. The van der Waals surface area contributed by atoms with Crippen LogP contribution in [-0.4, -0.2) is 29.7 Å². The van der Waals surface area contributed by atoms with Crippen LogP contribution in [0.2, 0.25) is 5.02 Å². The van der Waals surface area contributed by atoms with Gasteiger partial charge < -0.3 is 14.6 Å². The van der Waals surface area contributed by atoms with E-state index in [2.05, 4.69) is 61.2 Å². The van der Waals surface area contributed by atoms with Crippen molar-refractivity contribution in [2.75, 3.05) is 5.32 Å². The number of H-pyrrole nitrogens is 1. The third kappa shape index (κ3) is 4.87. The normalized spacial score (nSPS) is 11.1. The van der Waals surface area contributed by atoms with E-state index in [-0.39, 0.29) is 6.01 Å². The average Bonchev–Trinajstić information content (AvgIpc) is 3.42. The minimum atomic E-state index is 0.258. The molecule has 34 heavy (non-hydrogen) atoms. The van der Waals surface area contributed by atoms with Crippen molar-refractivity contribution in [3.63, 3.8) is 0 Å². The van der Waals surface area contributed by atoms with E-state index >= 15 is 0 Å².